The van der Waals surface area contributed by atoms with E-state index in [9.17, 15) is 4.79 Å². The van der Waals surface area contributed by atoms with Gasteiger partial charge in [-0.05, 0) is 55.4 Å². The van der Waals surface area contributed by atoms with Crippen molar-refractivity contribution in [2.45, 2.75) is 38.9 Å². The van der Waals surface area contributed by atoms with E-state index in [4.69, 9.17) is 17.0 Å². The fourth-order valence-electron chi connectivity index (χ4n) is 4.44. The van der Waals surface area contributed by atoms with Crippen LogP contribution < -0.4 is 5.32 Å². The van der Waals surface area contributed by atoms with Gasteiger partial charge in [0.25, 0.3) is 0 Å². The summed E-state index contributed by atoms with van der Waals surface area (Å²) in [6, 6.07) is 18.4. The van der Waals surface area contributed by atoms with E-state index in [1.54, 1.807) is 6.20 Å². The van der Waals surface area contributed by atoms with E-state index >= 15 is 0 Å². The van der Waals surface area contributed by atoms with Crippen molar-refractivity contribution >= 4 is 23.3 Å². The number of rotatable bonds is 7. The third-order valence-electron chi connectivity index (χ3n) is 6.10. The molecule has 1 aliphatic rings. The Morgan fingerprint density at radius 1 is 1.16 bits per heavy atom. The molecule has 2 aromatic heterocycles. The molecule has 3 aromatic rings. The third kappa shape index (κ3) is 4.39. The van der Waals surface area contributed by atoms with Crippen molar-refractivity contribution < 1.29 is 9.53 Å². The molecule has 0 saturated carbocycles. The van der Waals surface area contributed by atoms with Crippen LogP contribution in [-0.4, -0.2) is 39.2 Å². The van der Waals surface area contributed by atoms with Crippen LogP contribution in [0.15, 0.2) is 60.8 Å². The zero-order valence-corrected chi connectivity index (χ0v) is 19.4. The lowest BCUT2D eigenvalue weighted by atomic mass is 9.96. The first-order valence-electron chi connectivity index (χ1n) is 10.7. The lowest BCUT2D eigenvalue weighted by molar-refractivity contribution is -0.140. The van der Waals surface area contributed by atoms with Crippen molar-refractivity contribution in [1.82, 2.24) is 19.8 Å². The summed E-state index contributed by atoms with van der Waals surface area (Å²) in [6.45, 7) is 5.57. The second kappa shape index (κ2) is 9.53. The van der Waals surface area contributed by atoms with Gasteiger partial charge in [0.15, 0.2) is 5.11 Å². The van der Waals surface area contributed by atoms with E-state index in [2.05, 4.69) is 63.9 Å². The number of thiocarbonyl (C=S) groups is 1. The van der Waals surface area contributed by atoms with Crippen LogP contribution in [0.4, 0.5) is 0 Å². The summed E-state index contributed by atoms with van der Waals surface area (Å²) >= 11 is 5.70. The second-order valence-corrected chi connectivity index (χ2v) is 8.43. The molecule has 32 heavy (non-hydrogen) atoms. The van der Waals surface area contributed by atoms with Crippen LogP contribution in [0.25, 0.3) is 0 Å². The average molecular weight is 449 g/mol. The van der Waals surface area contributed by atoms with E-state index in [1.807, 2.05) is 24.3 Å². The van der Waals surface area contributed by atoms with Gasteiger partial charge in [-0.3, -0.25) is 9.78 Å². The highest BCUT2D eigenvalue weighted by atomic mass is 32.1. The van der Waals surface area contributed by atoms with Gasteiger partial charge in [-0.25, -0.2) is 0 Å². The van der Waals surface area contributed by atoms with Gasteiger partial charge in [0.2, 0.25) is 0 Å². The lowest BCUT2D eigenvalue weighted by Crippen LogP contribution is -2.32. The number of ether oxygens (including phenoxy) is 1. The quantitative estimate of drug-likeness (QED) is 0.434. The number of aryl methyl sites for hydroxylation is 1. The summed E-state index contributed by atoms with van der Waals surface area (Å²) in [7, 11) is 1.41. The minimum Gasteiger partial charge on any atom is -0.469 e. The number of aromatic nitrogens is 2. The van der Waals surface area contributed by atoms with Gasteiger partial charge in [-0.15, -0.1) is 0 Å². The van der Waals surface area contributed by atoms with Crippen LogP contribution >= 0.6 is 12.2 Å². The van der Waals surface area contributed by atoms with Crippen LogP contribution in [0.1, 0.15) is 46.7 Å². The smallest absolute Gasteiger partial charge is 0.307 e. The molecule has 1 fully saturated rings. The number of pyridine rings is 1. The second-order valence-electron chi connectivity index (χ2n) is 8.04. The van der Waals surface area contributed by atoms with Crippen LogP contribution in [0.3, 0.4) is 0 Å². The summed E-state index contributed by atoms with van der Waals surface area (Å²) in [5, 5.41) is 4.08. The molecule has 0 amide bonds. The maximum atomic E-state index is 11.9. The van der Waals surface area contributed by atoms with E-state index in [0.29, 0.717) is 11.7 Å². The Balaban J connectivity index is 1.73. The van der Waals surface area contributed by atoms with Gasteiger partial charge < -0.3 is 19.5 Å². The maximum absolute atomic E-state index is 11.9. The van der Waals surface area contributed by atoms with Gasteiger partial charge in [0.05, 0.1) is 31.3 Å². The number of nitrogens with one attached hydrogen (secondary N) is 1. The fraction of sp³-hybridized carbons (Fsp3) is 0.320. The van der Waals surface area contributed by atoms with Gasteiger partial charge in [-0.1, -0.05) is 36.4 Å². The molecule has 2 unspecified atom stereocenters. The standard InChI is InChI=1S/C25H28N4O2S/c1-17-15-20(18(2)29(17)16-19-9-5-4-6-10-19)24-23(21-11-7-8-13-26-21)27-25(32)28(24)14-12-22(30)31-3/h4-11,13,15,23-24H,12,14,16H2,1-3H3,(H,27,32). The van der Waals surface area contributed by atoms with Crippen molar-refractivity contribution in [2.75, 3.05) is 13.7 Å². The molecule has 0 radical (unpaired) electrons. The summed E-state index contributed by atoms with van der Waals surface area (Å²) in [5.41, 5.74) is 5.74. The van der Waals surface area contributed by atoms with Gasteiger partial charge in [0.1, 0.15) is 0 Å². The Bertz CT molecular complexity index is 1100. The van der Waals surface area contributed by atoms with Crippen molar-refractivity contribution in [3.05, 3.63) is 89.0 Å². The minimum atomic E-state index is -0.248. The van der Waals surface area contributed by atoms with E-state index < -0.39 is 0 Å². The predicted octanol–water partition coefficient (Wildman–Crippen LogP) is 4.08. The number of hydrogen-bond donors (Lipinski definition) is 1. The van der Waals surface area contributed by atoms with E-state index in [0.717, 1.165) is 12.2 Å². The number of nitrogens with zero attached hydrogens (tertiary/aromatic N) is 3. The fourth-order valence-corrected chi connectivity index (χ4v) is 4.77. The molecular formula is C25H28N4O2S. The van der Waals surface area contributed by atoms with Crippen LogP contribution in [-0.2, 0) is 16.1 Å². The zero-order chi connectivity index (χ0) is 22.7. The van der Waals surface area contributed by atoms with Crippen LogP contribution in [0.5, 0.6) is 0 Å². The SMILES string of the molecule is COC(=O)CCN1C(=S)NC(c2ccccn2)C1c1cc(C)n(Cc2ccccc2)c1C. The Morgan fingerprint density at radius 2 is 1.91 bits per heavy atom. The summed E-state index contributed by atoms with van der Waals surface area (Å²) < 4.78 is 7.20. The molecule has 166 valence electrons. The normalized spacial score (nSPS) is 18.0. The van der Waals surface area contributed by atoms with Gasteiger partial charge >= 0.3 is 5.97 Å². The maximum Gasteiger partial charge on any atom is 0.307 e. The van der Waals surface area contributed by atoms with Crippen LogP contribution in [0.2, 0.25) is 0 Å². The number of benzene rings is 1. The highest BCUT2D eigenvalue weighted by Crippen LogP contribution is 2.41. The summed E-state index contributed by atoms with van der Waals surface area (Å²) in [4.78, 5) is 18.6. The Hall–Kier alpha value is -3.19. The lowest BCUT2D eigenvalue weighted by Gasteiger charge is -2.28. The largest absolute Gasteiger partial charge is 0.469 e. The highest BCUT2D eigenvalue weighted by molar-refractivity contribution is 7.80. The first kappa shape index (κ1) is 22.0. The minimum absolute atomic E-state index is 0.0715. The van der Waals surface area contributed by atoms with Crippen molar-refractivity contribution in [2.24, 2.45) is 0 Å². The Kier molecular flexibility index (Phi) is 6.55. The number of esters is 1. The molecule has 2 atom stereocenters. The third-order valence-corrected chi connectivity index (χ3v) is 6.45. The highest BCUT2D eigenvalue weighted by Gasteiger charge is 2.41. The molecule has 0 aliphatic carbocycles. The molecular weight excluding hydrogens is 420 g/mol. The van der Waals surface area contributed by atoms with Crippen molar-refractivity contribution in [3.8, 4) is 0 Å². The number of hydrogen-bond acceptors (Lipinski definition) is 4. The predicted molar refractivity (Wildman–Crippen MR) is 128 cm³/mol. The molecule has 3 heterocycles. The topological polar surface area (TPSA) is 59.4 Å². The molecule has 0 spiro atoms. The molecule has 7 heteroatoms. The first-order valence-corrected chi connectivity index (χ1v) is 11.2. The van der Waals surface area contributed by atoms with E-state index in [1.165, 1.54) is 29.6 Å². The van der Waals surface area contributed by atoms with Gasteiger partial charge in [-0.2, -0.15) is 0 Å². The van der Waals surface area contributed by atoms with E-state index in [-0.39, 0.29) is 24.5 Å². The molecule has 1 N–H and O–H groups in total. The Morgan fingerprint density at radius 3 is 2.59 bits per heavy atom. The zero-order valence-electron chi connectivity index (χ0n) is 18.6. The molecule has 0 bridgehead atoms. The van der Waals surface area contributed by atoms with Gasteiger partial charge in [0, 0.05) is 30.7 Å². The number of carbonyl (C=O) groups is 1. The monoisotopic (exact) mass is 448 g/mol. The number of carbonyl (C=O) groups excluding carboxylic acids is 1. The molecule has 1 aromatic carbocycles. The molecule has 6 nitrogen and oxygen atoms in total. The summed E-state index contributed by atoms with van der Waals surface area (Å²) in [5.74, 6) is -0.248. The average Bonchev–Trinajstić information content (AvgIpc) is 3.29. The van der Waals surface area contributed by atoms with Crippen LogP contribution in [0, 0.1) is 13.8 Å². The Labute approximate surface area is 194 Å². The number of methoxy groups -OCH3 is 1. The molecule has 1 aliphatic heterocycles. The summed E-state index contributed by atoms with van der Waals surface area (Å²) in [6.07, 6.45) is 2.07. The van der Waals surface area contributed by atoms with Crippen molar-refractivity contribution in [3.63, 3.8) is 0 Å². The molecule has 1 saturated heterocycles. The first-order chi connectivity index (χ1) is 15.5. The molecule has 4 rings (SSSR count). The van der Waals surface area contributed by atoms with Crippen molar-refractivity contribution in [1.29, 1.82) is 0 Å².